The lowest BCUT2D eigenvalue weighted by Crippen LogP contribution is -2.47. The zero-order valence-electron chi connectivity index (χ0n) is 25.5. The number of benzene rings is 2. The molecule has 1 N–H and O–H groups in total. The summed E-state index contributed by atoms with van der Waals surface area (Å²) in [6.07, 6.45) is 6.47. The van der Waals surface area contributed by atoms with Crippen LogP contribution < -0.4 is 10.2 Å². The van der Waals surface area contributed by atoms with Crippen LogP contribution in [0.2, 0.25) is 0 Å². The molecule has 4 bridgehead atoms. The van der Waals surface area contributed by atoms with Crippen molar-refractivity contribution < 1.29 is 18.3 Å². The summed E-state index contributed by atoms with van der Waals surface area (Å²) in [6, 6.07) is 10.2. The Morgan fingerprint density at radius 3 is 2.77 bits per heavy atom. The van der Waals surface area contributed by atoms with Crippen LogP contribution in [0.25, 0.3) is 39.0 Å². The van der Waals surface area contributed by atoms with Gasteiger partial charge in [-0.2, -0.15) is 5.10 Å². The monoisotopic (exact) mass is 637 g/mol. The van der Waals surface area contributed by atoms with Crippen molar-refractivity contribution >= 4 is 39.7 Å². The van der Waals surface area contributed by atoms with Crippen LogP contribution in [0.15, 0.2) is 67.5 Å². The SMILES string of the molecule is CO[C@H]1CN(C)C(=O)[C@@H]2C[C@@H](CN2c2ncnc3c2cnn3-c2ccc(F)cc2F)Nc2nccc(n2)-c2cccc3ncn(c23)C1. The van der Waals surface area contributed by atoms with Crippen molar-refractivity contribution in [2.75, 3.05) is 37.5 Å². The molecule has 6 heterocycles. The minimum Gasteiger partial charge on any atom is -0.378 e. The topological polar surface area (TPSA) is 132 Å². The molecular formula is C32H29F2N11O2. The number of fused-ring (bicyclic) bond motifs is 6. The number of carbonyl (C=O) groups excluding carboxylic acids is 1. The molecule has 0 radical (unpaired) electrons. The molecular weight excluding hydrogens is 608 g/mol. The van der Waals surface area contributed by atoms with E-state index in [1.807, 2.05) is 33.7 Å². The highest BCUT2D eigenvalue weighted by molar-refractivity contribution is 5.93. The average molecular weight is 638 g/mol. The molecule has 1 fully saturated rings. The number of hydrogen-bond donors (Lipinski definition) is 1. The lowest BCUT2D eigenvalue weighted by molar-refractivity contribution is -0.132. The number of halogens is 2. The van der Waals surface area contributed by atoms with Gasteiger partial charge in [-0.1, -0.05) is 12.1 Å². The summed E-state index contributed by atoms with van der Waals surface area (Å²) in [6.45, 7) is 1.17. The third kappa shape index (κ3) is 4.99. The van der Waals surface area contributed by atoms with Gasteiger partial charge in [0.25, 0.3) is 0 Å². The first-order chi connectivity index (χ1) is 22.9. The largest absolute Gasteiger partial charge is 0.378 e. The smallest absolute Gasteiger partial charge is 0.245 e. The van der Waals surface area contributed by atoms with Crippen LogP contribution in [0, 0.1) is 11.6 Å². The Morgan fingerprint density at radius 2 is 1.91 bits per heavy atom. The van der Waals surface area contributed by atoms with E-state index in [0.717, 1.165) is 34.4 Å². The van der Waals surface area contributed by atoms with Crippen LogP contribution in [0.4, 0.5) is 20.5 Å². The van der Waals surface area contributed by atoms with Crippen molar-refractivity contribution in [1.29, 1.82) is 0 Å². The van der Waals surface area contributed by atoms with E-state index in [-0.39, 0.29) is 23.7 Å². The van der Waals surface area contributed by atoms with Gasteiger partial charge in [0.15, 0.2) is 11.5 Å². The molecule has 47 heavy (non-hydrogen) atoms. The predicted molar refractivity (Wildman–Crippen MR) is 169 cm³/mol. The first kappa shape index (κ1) is 28.9. The maximum atomic E-state index is 14.8. The minimum absolute atomic E-state index is 0.0418. The molecule has 13 nitrogen and oxygen atoms in total. The number of rotatable bonds is 3. The number of nitrogens with zero attached hydrogens (tertiary/aromatic N) is 10. The summed E-state index contributed by atoms with van der Waals surface area (Å²) in [5.74, 6) is -0.709. The fraction of sp³-hybridized carbons (Fsp3) is 0.281. The molecule has 0 saturated carbocycles. The van der Waals surface area contributed by atoms with E-state index in [0.29, 0.717) is 48.9 Å². The molecule has 0 aliphatic carbocycles. The first-order valence-corrected chi connectivity index (χ1v) is 15.1. The van der Waals surface area contributed by atoms with Crippen LogP contribution in [0.5, 0.6) is 0 Å². The zero-order chi connectivity index (χ0) is 32.2. The molecule has 6 aromatic rings. The normalized spacial score (nSPS) is 20.0. The number of para-hydroxylation sites is 1. The number of hydrogen-bond acceptors (Lipinski definition) is 10. The van der Waals surface area contributed by atoms with E-state index in [1.165, 1.54) is 23.3 Å². The van der Waals surface area contributed by atoms with Crippen molar-refractivity contribution in [1.82, 2.24) is 44.2 Å². The van der Waals surface area contributed by atoms with Gasteiger partial charge in [0.1, 0.15) is 29.7 Å². The second-order valence-corrected chi connectivity index (χ2v) is 11.7. The van der Waals surface area contributed by atoms with Crippen LogP contribution in [-0.4, -0.2) is 95.5 Å². The van der Waals surface area contributed by atoms with Crippen LogP contribution in [-0.2, 0) is 16.1 Å². The zero-order valence-corrected chi connectivity index (χ0v) is 25.5. The van der Waals surface area contributed by atoms with Crippen LogP contribution >= 0.6 is 0 Å². The molecule has 3 atom stereocenters. The third-order valence-corrected chi connectivity index (χ3v) is 8.83. The van der Waals surface area contributed by atoms with Gasteiger partial charge in [0, 0.05) is 51.1 Å². The van der Waals surface area contributed by atoms with Gasteiger partial charge in [-0.15, -0.1) is 0 Å². The number of carbonyl (C=O) groups is 1. The molecule has 2 aromatic carbocycles. The van der Waals surface area contributed by atoms with Gasteiger partial charge in [-0.25, -0.2) is 38.4 Å². The van der Waals surface area contributed by atoms with Crippen molar-refractivity contribution in [3.8, 4) is 16.9 Å². The summed E-state index contributed by atoms with van der Waals surface area (Å²) >= 11 is 0. The quantitative estimate of drug-likeness (QED) is 0.308. The number of nitrogens with one attached hydrogen (secondary N) is 1. The summed E-state index contributed by atoms with van der Waals surface area (Å²) in [4.78, 5) is 40.8. The van der Waals surface area contributed by atoms with Crippen LogP contribution in [0.3, 0.4) is 0 Å². The van der Waals surface area contributed by atoms with Crippen molar-refractivity contribution in [3.05, 3.63) is 79.1 Å². The predicted octanol–water partition coefficient (Wildman–Crippen LogP) is 3.45. The van der Waals surface area contributed by atoms with Gasteiger partial charge in [-0.05, 0) is 30.7 Å². The van der Waals surface area contributed by atoms with E-state index < -0.39 is 17.7 Å². The highest BCUT2D eigenvalue weighted by Crippen LogP contribution is 2.34. The molecule has 0 spiro atoms. The molecule has 4 aromatic heterocycles. The van der Waals surface area contributed by atoms with Crippen molar-refractivity contribution in [3.63, 3.8) is 0 Å². The maximum Gasteiger partial charge on any atom is 0.245 e. The molecule has 238 valence electrons. The maximum absolute atomic E-state index is 14.8. The number of anilines is 2. The Morgan fingerprint density at radius 1 is 1.02 bits per heavy atom. The Kier molecular flexibility index (Phi) is 6.97. The highest BCUT2D eigenvalue weighted by atomic mass is 19.1. The van der Waals surface area contributed by atoms with E-state index in [2.05, 4.69) is 30.4 Å². The number of amides is 1. The standard InChI is InChI=1S/C32H29F2N11O2/c1-42-14-20(47-2)15-43-17-38-25-5-3-4-21(28(25)43)24-8-9-35-32(41-24)40-19-11-27(31(42)46)44(13-19)29-22-12-39-45(30(22)37-16-36-29)26-7-6-18(33)10-23(26)34/h3-10,12,16-17,19-20,27H,11,13-15H2,1-2H3,(H,35,40,41)/t19-,20-,27-/m0/s1. The van der Waals surface area contributed by atoms with E-state index in [4.69, 9.17) is 9.72 Å². The molecule has 1 saturated heterocycles. The second kappa shape index (κ2) is 11.3. The summed E-state index contributed by atoms with van der Waals surface area (Å²) in [5.41, 5.74) is 3.75. The number of ether oxygens (including phenoxy) is 1. The second-order valence-electron chi connectivity index (χ2n) is 11.7. The van der Waals surface area contributed by atoms with Crippen molar-refractivity contribution in [2.24, 2.45) is 0 Å². The Hall–Kier alpha value is -5.57. The molecule has 15 heteroatoms. The van der Waals surface area contributed by atoms with E-state index in [1.54, 1.807) is 31.6 Å². The average Bonchev–Trinajstić information content (AvgIpc) is 3.81. The van der Waals surface area contributed by atoms with E-state index in [9.17, 15) is 13.6 Å². The van der Waals surface area contributed by atoms with E-state index >= 15 is 0 Å². The van der Waals surface area contributed by atoms with Gasteiger partial charge < -0.3 is 24.4 Å². The molecule has 2 aliphatic heterocycles. The fourth-order valence-electron chi connectivity index (χ4n) is 6.61. The van der Waals surface area contributed by atoms with Gasteiger partial charge in [-0.3, -0.25) is 4.79 Å². The first-order valence-electron chi connectivity index (χ1n) is 15.1. The lowest BCUT2D eigenvalue weighted by Gasteiger charge is -2.30. The molecule has 8 rings (SSSR count). The number of likely N-dealkylation sites (N-methyl/N-ethyl adjacent to an activating group) is 1. The summed E-state index contributed by atoms with van der Waals surface area (Å²) in [7, 11) is 3.40. The Labute approximate surface area is 266 Å². The number of imidazole rings is 1. The Bertz CT molecular complexity index is 2150. The molecule has 2 aliphatic rings. The lowest BCUT2D eigenvalue weighted by atomic mass is 10.1. The van der Waals surface area contributed by atoms with Crippen molar-refractivity contribution in [2.45, 2.75) is 31.2 Å². The number of aromatic nitrogens is 8. The van der Waals surface area contributed by atoms with Crippen LogP contribution in [0.1, 0.15) is 6.42 Å². The Balaban J connectivity index is 1.21. The fourth-order valence-corrected chi connectivity index (χ4v) is 6.61. The number of methoxy groups -OCH3 is 1. The molecule has 1 amide bonds. The summed E-state index contributed by atoms with van der Waals surface area (Å²) in [5, 5.41) is 8.33. The third-order valence-electron chi connectivity index (χ3n) is 8.83. The summed E-state index contributed by atoms with van der Waals surface area (Å²) < 4.78 is 37.6. The highest BCUT2D eigenvalue weighted by Gasteiger charge is 2.41. The molecule has 0 unspecified atom stereocenters. The van der Waals surface area contributed by atoms with Gasteiger partial charge in [0.2, 0.25) is 11.9 Å². The minimum atomic E-state index is -0.780. The van der Waals surface area contributed by atoms with Gasteiger partial charge >= 0.3 is 0 Å². The van der Waals surface area contributed by atoms with Gasteiger partial charge in [0.05, 0.1) is 47.3 Å².